The molecular weight excluding hydrogens is 246 g/mol. The Morgan fingerprint density at radius 2 is 1.80 bits per heavy atom. The van der Waals surface area contributed by atoms with E-state index in [9.17, 15) is 0 Å². The highest BCUT2D eigenvalue weighted by Crippen LogP contribution is 2.21. The topological polar surface area (TPSA) is 29.9 Å². The molecule has 108 valence electrons. The SMILES string of the molecule is CCNC(Cc1ccc(CC)cc1)c1cn(C)nc1C. The Kier molecular flexibility index (Phi) is 4.96. The number of benzene rings is 1. The van der Waals surface area contributed by atoms with Gasteiger partial charge in [-0.05, 0) is 37.4 Å². The molecule has 1 atom stereocenters. The average molecular weight is 271 g/mol. The van der Waals surface area contributed by atoms with E-state index in [1.54, 1.807) is 0 Å². The Hall–Kier alpha value is -1.61. The molecule has 0 radical (unpaired) electrons. The van der Waals surface area contributed by atoms with E-state index < -0.39 is 0 Å². The fraction of sp³-hybridized carbons (Fsp3) is 0.471. The molecule has 0 spiro atoms. The highest BCUT2D eigenvalue weighted by molar-refractivity contribution is 5.27. The maximum Gasteiger partial charge on any atom is 0.0641 e. The van der Waals surface area contributed by atoms with Crippen molar-refractivity contribution in [2.45, 2.75) is 39.7 Å². The molecule has 2 rings (SSSR count). The van der Waals surface area contributed by atoms with Crippen molar-refractivity contribution in [3.05, 3.63) is 52.8 Å². The number of aryl methyl sites for hydroxylation is 3. The third-order valence-electron chi connectivity index (χ3n) is 3.75. The lowest BCUT2D eigenvalue weighted by molar-refractivity contribution is 0.547. The molecule has 1 unspecified atom stereocenters. The summed E-state index contributed by atoms with van der Waals surface area (Å²) in [5.41, 5.74) is 5.18. The number of aromatic nitrogens is 2. The predicted octanol–water partition coefficient (Wildman–Crippen LogP) is 3.18. The molecule has 0 amide bonds. The van der Waals surface area contributed by atoms with Gasteiger partial charge in [-0.25, -0.2) is 0 Å². The van der Waals surface area contributed by atoms with Gasteiger partial charge in [0.15, 0.2) is 0 Å². The van der Waals surface area contributed by atoms with Crippen molar-refractivity contribution in [3.63, 3.8) is 0 Å². The summed E-state index contributed by atoms with van der Waals surface area (Å²) in [5.74, 6) is 0. The molecule has 1 heterocycles. The third-order valence-corrected chi connectivity index (χ3v) is 3.75. The molecule has 0 saturated heterocycles. The second kappa shape index (κ2) is 6.71. The molecule has 0 fully saturated rings. The van der Waals surface area contributed by atoms with Gasteiger partial charge in [-0.3, -0.25) is 4.68 Å². The van der Waals surface area contributed by atoms with Gasteiger partial charge in [0.1, 0.15) is 0 Å². The van der Waals surface area contributed by atoms with Gasteiger partial charge in [0, 0.05) is 24.8 Å². The van der Waals surface area contributed by atoms with Gasteiger partial charge in [0.05, 0.1) is 5.69 Å². The van der Waals surface area contributed by atoms with Crippen molar-refractivity contribution in [1.29, 1.82) is 0 Å². The monoisotopic (exact) mass is 271 g/mol. The molecule has 1 N–H and O–H groups in total. The van der Waals surface area contributed by atoms with Crippen LogP contribution in [0.25, 0.3) is 0 Å². The van der Waals surface area contributed by atoms with Crippen LogP contribution in [0.2, 0.25) is 0 Å². The first kappa shape index (κ1) is 14.8. The summed E-state index contributed by atoms with van der Waals surface area (Å²) in [6, 6.07) is 9.29. The molecule has 3 heteroatoms. The van der Waals surface area contributed by atoms with Crippen molar-refractivity contribution in [1.82, 2.24) is 15.1 Å². The largest absolute Gasteiger partial charge is 0.310 e. The van der Waals surface area contributed by atoms with E-state index in [1.165, 1.54) is 16.7 Å². The zero-order chi connectivity index (χ0) is 14.5. The Morgan fingerprint density at radius 1 is 1.15 bits per heavy atom. The van der Waals surface area contributed by atoms with E-state index in [-0.39, 0.29) is 0 Å². The minimum absolute atomic E-state index is 0.334. The molecule has 1 aromatic heterocycles. The van der Waals surface area contributed by atoms with Crippen LogP contribution in [-0.4, -0.2) is 16.3 Å². The van der Waals surface area contributed by atoms with Crippen LogP contribution in [0.1, 0.15) is 42.3 Å². The molecule has 0 aliphatic rings. The van der Waals surface area contributed by atoms with Crippen molar-refractivity contribution in [2.75, 3.05) is 6.54 Å². The number of nitrogens with one attached hydrogen (secondary N) is 1. The standard InChI is InChI=1S/C17H25N3/c1-5-14-7-9-15(10-8-14)11-17(18-6-2)16-12-20(4)19-13(16)3/h7-10,12,17-18H,5-6,11H2,1-4H3. The zero-order valence-electron chi connectivity index (χ0n) is 13.0. The molecule has 1 aromatic carbocycles. The molecule has 0 saturated carbocycles. The number of rotatable bonds is 6. The van der Waals surface area contributed by atoms with E-state index in [1.807, 2.05) is 11.7 Å². The fourth-order valence-corrected chi connectivity index (χ4v) is 2.65. The van der Waals surface area contributed by atoms with E-state index in [0.29, 0.717) is 6.04 Å². The van der Waals surface area contributed by atoms with Crippen molar-refractivity contribution in [3.8, 4) is 0 Å². The molecule has 0 aliphatic carbocycles. The molecule has 0 bridgehead atoms. The van der Waals surface area contributed by atoms with Crippen LogP contribution in [0.3, 0.4) is 0 Å². The number of hydrogen-bond donors (Lipinski definition) is 1. The summed E-state index contributed by atoms with van der Waals surface area (Å²) in [6.07, 6.45) is 4.23. The number of hydrogen-bond acceptors (Lipinski definition) is 2. The molecule has 2 aromatic rings. The van der Waals surface area contributed by atoms with Crippen molar-refractivity contribution < 1.29 is 0 Å². The summed E-state index contributed by atoms with van der Waals surface area (Å²) >= 11 is 0. The zero-order valence-corrected chi connectivity index (χ0v) is 13.0. The minimum Gasteiger partial charge on any atom is -0.310 e. The van der Waals surface area contributed by atoms with Crippen molar-refractivity contribution in [2.24, 2.45) is 7.05 Å². The van der Waals surface area contributed by atoms with Gasteiger partial charge in [-0.1, -0.05) is 38.1 Å². The Morgan fingerprint density at radius 3 is 2.30 bits per heavy atom. The van der Waals surface area contributed by atoms with Gasteiger partial charge in [0.2, 0.25) is 0 Å². The summed E-state index contributed by atoms with van der Waals surface area (Å²) < 4.78 is 1.90. The lowest BCUT2D eigenvalue weighted by Crippen LogP contribution is -2.23. The Bertz CT molecular complexity index is 540. The maximum absolute atomic E-state index is 4.46. The summed E-state index contributed by atoms with van der Waals surface area (Å²) in [4.78, 5) is 0. The van der Waals surface area contributed by atoms with Crippen LogP contribution in [-0.2, 0) is 19.9 Å². The first-order chi connectivity index (χ1) is 9.63. The molecule has 20 heavy (non-hydrogen) atoms. The highest BCUT2D eigenvalue weighted by atomic mass is 15.3. The summed E-state index contributed by atoms with van der Waals surface area (Å²) in [5, 5.41) is 8.04. The van der Waals surface area contributed by atoms with Gasteiger partial charge < -0.3 is 5.32 Å². The van der Waals surface area contributed by atoms with Crippen LogP contribution in [0, 0.1) is 6.92 Å². The van der Waals surface area contributed by atoms with E-state index in [4.69, 9.17) is 0 Å². The second-order valence-corrected chi connectivity index (χ2v) is 5.33. The third kappa shape index (κ3) is 3.48. The normalized spacial score (nSPS) is 12.6. The van der Waals surface area contributed by atoms with Crippen LogP contribution >= 0.6 is 0 Å². The Labute approximate surface area is 122 Å². The molecular formula is C17H25N3. The van der Waals surface area contributed by atoms with Gasteiger partial charge in [-0.2, -0.15) is 5.10 Å². The van der Waals surface area contributed by atoms with E-state index in [2.05, 4.69) is 61.6 Å². The van der Waals surface area contributed by atoms with E-state index >= 15 is 0 Å². The van der Waals surface area contributed by atoms with E-state index in [0.717, 1.165) is 25.1 Å². The minimum atomic E-state index is 0.334. The van der Waals surface area contributed by atoms with Gasteiger partial charge >= 0.3 is 0 Å². The Balaban J connectivity index is 2.18. The first-order valence-electron chi connectivity index (χ1n) is 7.45. The maximum atomic E-state index is 4.46. The lowest BCUT2D eigenvalue weighted by Gasteiger charge is -2.17. The van der Waals surface area contributed by atoms with Crippen LogP contribution in [0.4, 0.5) is 0 Å². The lowest BCUT2D eigenvalue weighted by atomic mass is 9.98. The fourth-order valence-electron chi connectivity index (χ4n) is 2.65. The number of likely N-dealkylation sites (N-methyl/N-ethyl adjacent to an activating group) is 1. The quantitative estimate of drug-likeness (QED) is 0.874. The summed E-state index contributed by atoms with van der Waals surface area (Å²) in [6.45, 7) is 7.39. The van der Waals surface area contributed by atoms with Gasteiger partial charge in [0.25, 0.3) is 0 Å². The average Bonchev–Trinajstić information content (AvgIpc) is 2.78. The molecule has 0 aliphatic heterocycles. The van der Waals surface area contributed by atoms with Crippen molar-refractivity contribution >= 4 is 0 Å². The smallest absolute Gasteiger partial charge is 0.0641 e. The predicted molar refractivity (Wildman–Crippen MR) is 83.9 cm³/mol. The van der Waals surface area contributed by atoms with Gasteiger partial charge in [-0.15, -0.1) is 0 Å². The molecule has 3 nitrogen and oxygen atoms in total. The van der Waals surface area contributed by atoms with Crippen LogP contribution in [0.5, 0.6) is 0 Å². The van der Waals surface area contributed by atoms with Crippen LogP contribution in [0.15, 0.2) is 30.5 Å². The highest BCUT2D eigenvalue weighted by Gasteiger charge is 2.16. The van der Waals surface area contributed by atoms with Crippen LogP contribution < -0.4 is 5.32 Å². The second-order valence-electron chi connectivity index (χ2n) is 5.33. The summed E-state index contributed by atoms with van der Waals surface area (Å²) in [7, 11) is 1.98. The first-order valence-corrected chi connectivity index (χ1v) is 7.45. The number of nitrogens with zero attached hydrogens (tertiary/aromatic N) is 2.